The van der Waals surface area contributed by atoms with Gasteiger partial charge in [-0.15, -0.1) is 0 Å². The predicted octanol–water partition coefficient (Wildman–Crippen LogP) is 1.67. The van der Waals surface area contributed by atoms with Crippen molar-refractivity contribution in [3.63, 3.8) is 0 Å². The highest BCUT2D eigenvalue weighted by Gasteiger charge is 2.12. The van der Waals surface area contributed by atoms with Gasteiger partial charge in [-0.1, -0.05) is 19.8 Å². The van der Waals surface area contributed by atoms with E-state index < -0.39 is 12.0 Å². The average Bonchev–Trinajstić information content (AvgIpc) is 2.10. The Morgan fingerprint density at radius 3 is 2.54 bits per heavy atom. The number of carboxylic acid groups (broad SMARTS) is 1. The Morgan fingerprint density at radius 2 is 2.08 bits per heavy atom. The van der Waals surface area contributed by atoms with Crippen LogP contribution in [0, 0.1) is 0 Å². The van der Waals surface area contributed by atoms with E-state index in [1.165, 1.54) is 0 Å². The molecule has 2 unspecified atom stereocenters. The molecule has 0 aromatic heterocycles. The Bertz CT molecular complexity index is 153. The van der Waals surface area contributed by atoms with Crippen LogP contribution in [0.4, 0.5) is 0 Å². The highest BCUT2D eigenvalue weighted by molar-refractivity contribution is 7.80. The number of rotatable bonds is 7. The summed E-state index contributed by atoms with van der Waals surface area (Å²) in [4.78, 5) is 10.4. The summed E-state index contributed by atoms with van der Waals surface area (Å²) >= 11 is 4.36. The van der Waals surface area contributed by atoms with Crippen LogP contribution in [0.25, 0.3) is 0 Å². The Kier molecular flexibility index (Phi) is 7.09. The third kappa shape index (κ3) is 6.90. The molecular weight excluding hydrogens is 186 g/mol. The SMILES string of the molecule is CCCCC(S)CCC(N)C(=O)O. The molecule has 0 aliphatic rings. The summed E-state index contributed by atoms with van der Waals surface area (Å²) in [5.41, 5.74) is 5.36. The molecule has 0 radical (unpaired) electrons. The van der Waals surface area contributed by atoms with E-state index in [4.69, 9.17) is 10.8 Å². The summed E-state index contributed by atoms with van der Waals surface area (Å²) in [6.07, 6.45) is 4.66. The lowest BCUT2D eigenvalue weighted by molar-refractivity contribution is -0.138. The van der Waals surface area contributed by atoms with Crippen LogP contribution < -0.4 is 5.73 Å². The predicted molar refractivity (Wildman–Crippen MR) is 57.1 cm³/mol. The van der Waals surface area contributed by atoms with Crippen LogP contribution in [0.5, 0.6) is 0 Å². The Labute approximate surface area is 85.1 Å². The molecule has 0 saturated carbocycles. The second-order valence-electron chi connectivity index (χ2n) is 3.32. The average molecular weight is 205 g/mol. The monoisotopic (exact) mass is 205 g/mol. The number of nitrogens with two attached hydrogens (primary N) is 1. The molecule has 0 amide bonds. The maximum atomic E-state index is 10.4. The van der Waals surface area contributed by atoms with E-state index >= 15 is 0 Å². The molecule has 0 rings (SSSR count). The highest BCUT2D eigenvalue weighted by Crippen LogP contribution is 2.13. The molecule has 0 aromatic carbocycles. The Hall–Kier alpha value is -0.220. The van der Waals surface area contributed by atoms with Crippen molar-refractivity contribution in [1.29, 1.82) is 0 Å². The lowest BCUT2D eigenvalue weighted by Crippen LogP contribution is -2.30. The Balaban J connectivity index is 3.45. The van der Waals surface area contributed by atoms with Gasteiger partial charge in [0.1, 0.15) is 6.04 Å². The highest BCUT2D eigenvalue weighted by atomic mass is 32.1. The van der Waals surface area contributed by atoms with E-state index in [0.717, 1.165) is 25.7 Å². The molecule has 0 fully saturated rings. The molecule has 13 heavy (non-hydrogen) atoms. The first-order valence-electron chi connectivity index (χ1n) is 4.74. The van der Waals surface area contributed by atoms with E-state index in [0.29, 0.717) is 11.7 Å². The molecule has 78 valence electrons. The van der Waals surface area contributed by atoms with Gasteiger partial charge in [0.15, 0.2) is 0 Å². The summed E-state index contributed by atoms with van der Waals surface area (Å²) in [7, 11) is 0. The first-order valence-corrected chi connectivity index (χ1v) is 5.26. The molecule has 3 N–H and O–H groups in total. The zero-order valence-corrected chi connectivity index (χ0v) is 8.96. The van der Waals surface area contributed by atoms with Gasteiger partial charge in [-0.3, -0.25) is 4.79 Å². The lowest BCUT2D eigenvalue weighted by atomic mass is 10.1. The van der Waals surface area contributed by atoms with Gasteiger partial charge in [-0.05, 0) is 19.3 Å². The molecule has 2 atom stereocenters. The molecule has 0 aliphatic carbocycles. The zero-order chi connectivity index (χ0) is 10.3. The molecule has 0 bridgehead atoms. The number of unbranched alkanes of at least 4 members (excludes halogenated alkanes) is 1. The van der Waals surface area contributed by atoms with Crippen molar-refractivity contribution in [2.24, 2.45) is 5.73 Å². The van der Waals surface area contributed by atoms with Crippen LogP contribution in [-0.2, 0) is 4.79 Å². The van der Waals surface area contributed by atoms with Crippen molar-refractivity contribution < 1.29 is 9.90 Å². The number of carbonyl (C=O) groups is 1. The van der Waals surface area contributed by atoms with Gasteiger partial charge < -0.3 is 10.8 Å². The minimum absolute atomic E-state index is 0.297. The standard InChI is InChI=1S/C9H19NO2S/c1-2-3-4-7(13)5-6-8(10)9(11)12/h7-8,13H,2-6,10H2,1H3,(H,11,12). The van der Waals surface area contributed by atoms with Crippen molar-refractivity contribution in [2.45, 2.75) is 50.3 Å². The Morgan fingerprint density at radius 1 is 1.46 bits per heavy atom. The largest absolute Gasteiger partial charge is 0.480 e. The fraction of sp³-hybridized carbons (Fsp3) is 0.889. The minimum atomic E-state index is -0.920. The van der Waals surface area contributed by atoms with Crippen molar-refractivity contribution >= 4 is 18.6 Å². The third-order valence-electron chi connectivity index (χ3n) is 2.02. The van der Waals surface area contributed by atoms with E-state index in [1.54, 1.807) is 0 Å². The van der Waals surface area contributed by atoms with Crippen LogP contribution in [0.15, 0.2) is 0 Å². The number of carboxylic acids is 1. The van der Waals surface area contributed by atoms with Crippen LogP contribution in [-0.4, -0.2) is 22.4 Å². The zero-order valence-electron chi connectivity index (χ0n) is 8.07. The molecule has 0 heterocycles. The first kappa shape index (κ1) is 12.8. The fourth-order valence-corrected chi connectivity index (χ4v) is 1.41. The van der Waals surface area contributed by atoms with Crippen LogP contribution in [0.1, 0.15) is 39.0 Å². The van der Waals surface area contributed by atoms with Gasteiger partial charge in [0.2, 0.25) is 0 Å². The minimum Gasteiger partial charge on any atom is -0.480 e. The normalized spacial score (nSPS) is 15.3. The van der Waals surface area contributed by atoms with Crippen molar-refractivity contribution in [3.8, 4) is 0 Å². The molecule has 0 aliphatic heterocycles. The quantitative estimate of drug-likeness (QED) is 0.554. The van der Waals surface area contributed by atoms with Crippen molar-refractivity contribution in [2.75, 3.05) is 0 Å². The molecule has 0 saturated heterocycles. The molecule has 0 spiro atoms. The van der Waals surface area contributed by atoms with E-state index in [-0.39, 0.29) is 0 Å². The molecule has 4 heteroatoms. The van der Waals surface area contributed by atoms with Gasteiger partial charge in [0.05, 0.1) is 0 Å². The smallest absolute Gasteiger partial charge is 0.320 e. The van der Waals surface area contributed by atoms with Crippen LogP contribution >= 0.6 is 12.6 Å². The van der Waals surface area contributed by atoms with Gasteiger partial charge in [-0.25, -0.2) is 0 Å². The fourth-order valence-electron chi connectivity index (χ4n) is 1.08. The van der Waals surface area contributed by atoms with Crippen molar-refractivity contribution in [1.82, 2.24) is 0 Å². The maximum Gasteiger partial charge on any atom is 0.320 e. The summed E-state index contributed by atoms with van der Waals surface area (Å²) in [5, 5.41) is 8.82. The van der Waals surface area contributed by atoms with Gasteiger partial charge in [0.25, 0.3) is 0 Å². The number of hydrogen-bond donors (Lipinski definition) is 3. The van der Waals surface area contributed by atoms with E-state index in [1.807, 2.05) is 0 Å². The molecule has 0 aromatic rings. The van der Waals surface area contributed by atoms with Crippen LogP contribution in [0.2, 0.25) is 0 Å². The van der Waals surface area contributed by atoms with E-state index in [9.17, 15) is 4.79 Å². The van der Waals surface area contributed by atoms with Crippen LogP contribution in [0.3, 0.4) is 0 Å². The second kappa shape index (κ2) is 7.21. The number of thiol groups is 1. The molecule has 3 nitrogen and oxygen atoms in total. The number of aliphatic carboxylic acids is 1. The van der Waals surface area contributed by atoms with Crippen molar-refractivity contribution in [3.05, 3.63) is 0 Å². The summed E-state index contributed by atoms with van der Waals surface area (Å²) < 4.78 is 0. The molecular formula is C9H19NO2S. The maximum absolute atomic E-state index is 10.4. The third-order valence-corrected chi connectivity index (χ3v) is 2.54. The first-order chi connectivity index (χ1) is 6.07. The van der Waals surface area contributed by atoms with Gasteiger partial charge >= 0.3 is 5.97 Å². The second-order valence-corrected chi connectivity index (χ2v) is 4.05. The summed E-state index contributed by atoms with van der Waals surface area (Å²) in [5.74, 6) is -0.920. The topological polar surface area (TPSA) is 63.3 Å². The summed E-state index contributed by atoms with van der Waals surface area (Å²) in [6, 6.07) is -0.726. The lowest BCUT2D eigenvalue weighted by Gasteiger charge is -2.11. The van der Waals surface area contributed by atoms with Gasteiger partial charge in [0, 0.05) is 5.25 Å². The van der Waals surface area contributed by atoms with E-state index in [2.05, 4.69) is 19.6 Å². The van der Waals surface area contributed by atoms with Gasteiger partial charge in [-0.2, -0.15) is 12.6 Å². The number of hydrogen-bond acceptors (Lipinski definition) is 3. The summed E-state index contributed by atoms with van der Waals surface area (Å²) in [6.45, 7) is 2.13.